The molecule has 0 radical (unpaired) electrons. The highest BCUT2D eigenvalue weighted by molar-refractivity contribution is 5.85. The summed E-state index contributed by atoms with van der Waals surface area (Å²) in [5.41, 5.74) is 10.1. The molecule has 2 atom stereocenters. The second kappa shape index (κ2) is 9.89. The number of rotatable bonds is 4. The minimum Gasteiger partial charge on any atom is -0.316 e. The molecule has 2 aromatic heterocycles. The molecule has 0 saturated heterocycles. The molecule has 208 valence electrons. The van der Waals surface area contributed by atoms with Gasteiger partial charge in [0.05, 0.1) is 17.1 Å². The van der Waals surface area contributed by atoms with E-state index in [1.165, 1.54) is 16.6 Å². The van der Waals surface area contributed by atoms with Gasteiger partial charge in [-0.3, -0.25) is 4.57 Å². The molecule has 7 aromatic rings. The van der Waals surface area contributed by atoms with Crippen molar-refractivity contribution in [2.45, 2.75) is 12.0 Å². The Bertz CT molecular complexity index is 2220. The zero-order valence-electron chi connectivity index (χ0n) is 23.8. The number of imidazole rings is 1. The Balaban J connectivity index is 1.14. The van der Waals surface area contributed by atoms with Crippen molar-refractivity contribution in [2.75, 3.05) is 0 Å². The lowest BCUT2D eigenvalue weighted by atomic mass is 9.81. The largest absolute Gasteiger partial charge is 0.316 e. The van der Waals surface area contributed by atoms with Crippen molar-refractivity contribution in [1.29, 1.82) is 0 Å². The van der Waals surface area contributed by atoms with Crippen LogP contribution in [0.1, 0.15) is 17.5 Å². The predicted octanol–water partition coefficient (Wildman–Crippen LogP) is 9.05. The molecule has 0 bridgehead atoms. The van der Waals surface area contributed by atoms with Crippen LogP contribution in [0.25, 0.3) is 62.0 Å². The Hall–Kier alpha value is -5.81. The van der Waals surface area contributed by atoms with Gasteiger partial charge in [-0.25, -0.2) is 4.98 Å². The maximum absolute atomic E-state index is 5.13. The van der Waals surface area contributed by atoms with E-state index in [1.807, 2.05) is 36.4 Å². The van der Waals surface area contributed by atoms with E-state index in [1.54, 1.807) is 0 Å². The van der Waals surface area contributed by atoms with Crippen molar-refractivity contribution in [3.05, 3.63) is 157 Å². The molecular weight excluding hydrogens is 538 g/mol. The smallest absolute Gasteiger partial charge is 0.168 e. The summed E-state index contributed by atoms with van der Waals surface area (Å²) in [5.74, 6) is 2.94. The number of hydrogen-bond donors (Lipinski definition) is 0. The highest BCUT2D eigenvalue weighted by atomic mass is 15.3. The van der Waals surface area contributed by atoms with Crippen LogP contribution in [0, 0.1) is 0 Å². The van der Waals surface area contributed by atoms with Gasteiger partial charge in [-0.1, -0.05) is 121 Å². The lowest BCUT2D eigenvalue weighted by Gasteiger charge is -2.34. The van der Waals surface area contributed by atoms with Crippen LogP contribution in [0.4, 0.5) is 0 Å². The van der Waals surface area contributed by atoms with Crippen molar-refractivity contribution in [3.63, 3.8) is 0 Å². The topological polar surface area (TPSA) is 48.5 Å². The Morgan fingerprint density at radius 1 is 0.523 bits per heavy atom. The lowest BCUT2D eigenvalue weighted by Crippen LogP contribution is -2.22. The van der Waals surface area contributed by atoms with Gasteiger partial charge in [0.15, 0.2) is 11.6 Å². The summed E-state index contributed by atoms with van der Waals surface area (Å²) in [6.45, 7) is 0. The number of allylic oxidation sites excluding steroid dienone is 4. The third kappa shape index (κ3) is 3.83. The molecule has 9 rings (SSSR count). The zero-order chi connectivity index (χ0) is 29.0. The number of nitrogens with zero attached hydrogens (tertiary/aromatic N) is 5. The quantitative estimate of drug-likeness (QED) is 0.214. The SMILES string of the molecule is C1=CC2c3ccc(-c4ccc(-c5nnc(-c6ccccc6)n5-c5ccccc5)cc4)cc3-c3nc4ccccc4n3C2C=C1. The van der Waals surface area contributed by atoms with Crippen LogP contribution in [0.2, 0.25) is 0 Å². The molecule has 0 saturated carbocycles. The van der Waals surface area contributed by atoms with Gasteiger partial charge in [-0.05, 0) is 47.0 Å². The molecular formula is C39H27N5. The van der Waals surface area contributed by atoms with Gasteiger partial charge in [0.25, 0.3) is 0 Å². The van der Waals surface area contributed by atoms with E-state index in [4.69, 9.17) is 4.98 Å². The fraction of sp³-hybridized carbons (Fsp3) is 0.0513. The van der Waals surface area contributed by atoms with Gasteiger partial charge >= 0.3 is 0 Å². The zero-order valence-corrected chi connectivity index (χ0v) is 23.8. The van der Waals surface area contributed by atoms with E-state index in [9.17, 15) is 0 Å². The van der Waals surface area contributed by atoms with Crippen molar-refractivity contribution < 1.29 is 0 Å². The first-order valence-corrected chi connectivity index (χ1v) is 15.0. The standard InChI is InChI=1S/C39H27N5/c1-3-11-27(12-4-1)37-41-42-38(43(37)30-13-5-2-6-14-30)28-21-19-26(20-22-28)29-23-24-31-32-15-7-9-17-35(32)44-36-18-10-8-16-34(36)40-39(44)33(31)25-29/h1-25,32,35H. The fourth-order valence-electron chi connectivity index (χ4n) is 6.76. The summed E-state index contributed by atoms with van der Waals surface area (Å²) in [4.78, 5) is 5.13. The van der Waals surface area contributed by atoms with E-state index < -0.39 is 0 Å². The summed E-state index contributed by atoms with van der Waals surface area (Å²) < 4.78 is 4.55. The Labute approximate surface area is 255 Å². The average Bonchev–Trinajstić information content (AvgIpc) is 3.72. The maximum atomic E-state index is 5.13. The molecule has 1 aliphatic carbocycles. The fourth-order valence-corrected chi connectivity index (χ4v) is 6.76. The van der Waals surface area contributed by atoms with Gasteiger partial charge < -0.3 is 4.57 Å². The van der Waals surface area contributed by atoms with Crippen LogP contribution >= 0.6 is 0 Å². The van der Waals surface area contributed by atoms with Crippen LogP contribution in [0.15, 0.2) is 152 Å². The molecule has 0 spiro atoms. The van der Waals surface area contributed by atoms with E-state index in [0.29, 0.717) is 0 Å². The van der Waals surface area contributed by atoms with Crippen molar-refractivity contribution in [2.24, 2.45) is 0 Å². The normalized spacial score (nSPS) is 16.5. The van der Waals surface area contributed by atoms with E-state index in [0.717, 1.165) is 50.9 Å². The van der Waals surface area contributed by atoms with Gasteiger partial charge in [0.1, 0.15) is 5.82 Å². The Morgan fingerprint density at radius 2 is 1.16 bits per heavy atom. The van der Waals surface area contributed by atoms with Crippen molar-refractivity contribution >= 4 is 11.0 Å². The van der Waals surface area contributed by atoms with Crippen LogP contribution < -0.4 is 0 Å². The molecule has 5 aromatic carbocycles. The van der Waals surface area contributed by atoms with Crippen LogP contribution in [0.5, 0.6) is 0 Å². The Morgan fingerprint density at radius 3 is 1.95 bits per heavy atom. The number of benzene rings is 5. The van der Waals surface area contributed by atoms with Crippen molar-refractivity contribution in [1.82, 2.24) is 24.3 Å². The Kier molecular flexibility index (Phi) is 5.56. The number of fused-ring (bicyclic) bond motifs is 8. The number of hydrogen-bond acceptors (Lipinski definition) is 3. The highest BCUT2D eigenvalue weighted by Crippen LogP contribution is 2.47. The van der Waals surface area contributed by atoms with Crippen LogP contribution in [0.3, 0.4) is 0 Å². The van der Waals surface area contributed by atoms with Gasteiger partial charge in [0.2, 0.25) is 0 Å². The molecule has 5 nitrogen and oxygen atoms in total. The van der Waals surface area contributed by atoms with E-state index >= 15 is 0 Å². The molecule has 0 amide bonds. The summed E-state index contributed by atoms with van der Waals surface area (Å²) in [5, 5.41) is 9.31. The minimum atomic E-state index is 0.225. The monoisotopic (exact) mass is 565 g/mol. The number of para-hydroxylation sites is 3. The molecule has 3 heterocycles. The molecule has 1 aliphatic heterocycles. The average molecular weight is 566 g/mol. The predicted molar refractivity (Wildman–Crippen MR) is 176 cm³/mol. The summed E-state index contributed by atoms with van der Waals surface area (Å²) in [6, 6.07) is 44.7. The summed E-state index contributed by atoms with van der Waals surface area (Å²) in [7, 11) is 0. The third-order valence-corrected chi connectivity index (χ3v) is 8.84. The first-order valence-electron chi connectivity index (χ1n) is 15.0. The second-order valence-electron chi connectivity index (χ2n) is 11.3. The molecule has 0 fully saturated rings. The molecule has 44 heavy (non-hydrogen) atoms. The molecule has 5 heteroatoms. The van der Waals surface area contributed by atoms with E-state index in [2.05, 4.69) is 135 Å². The molecule has 0 N–H and O–H groups in total. The van der Waals surface area contributed by atoms with E-state index in [-0.39, 0.29) is 12.0 Å². The number of aromatic nitrogens is 5. The first kappa shape index (κ1) is 24.8. The van der Waals surface area contributed by atoms with Crippen LogP contribution in [-0.2, 0) is 0 Å². The summed E-state index contributed by atoms with van der Waals surface area (Å²) in [6.07, 6.45) is 8.94. The summed E-state index contributed by atoms with van der Waals surface area (Å²) >= 11 is 0. The first-order chi connectivity index (χ1) is 21.8. The molecule has 2 unspecified atom stereocenters. The van der Waals surface area contributed by atoms with Crippen LogP contribution in [-0.4, -0.2) is 24.3 Å². The second-order valence-corrected chi connectivity index (χ2v) is 11.3. The third-order valence-electron chi connectivity index (χ3n) is 8.84. The lowest BCUT2D eigenvalue weighted by molar-refractivity contribution is 0.548. The minimum absolute atomic E-state index is 0.225. The molecule has 2 aliphatic rings. The highest BCUT2D eigenvalue weighted by Gasteiger charge is 2.34. The van der Waals surface area contributed by atoms with Gasteiger partial charge in [0, 0.05) is 28.3 Å². The van der Waals surface area contributed by atoms with Gasteiger partial charge in [-0.2, -0.15) is 0 Å². The van der Waals surface area contributed by atoms with Crippen molar-refractivity contribution in [3.8, 4) is 51.0 Å². The van der Waals surface area contributed by atoms with Gasteiger partial charge in [-0.15, -0.1) is 10.2 Å². The maximum Gasteiger partial charge on any atom is 0.168 e.